The normalized spacial score (nSPS) is 10.4. The molecule has 8 aromatic rings. The van der Waals surface area contributed by atoms with Gasteiger partial charge in [-0.1, -0.05) is 84.7 Å². The van der Waals surface area contributed by atoms with Gasteiger partial charge in [0.15, 0.2) is 0 Å². The summed E-state index contributed by atoms with van der Waals surface area (Å²) in [4.78, 5) is 95.4. The highest BCUT2D eigenvalue weighted by atomic mass is 16.6. The highest BCUT2D eigenvalue weighted by Gasteiger charge is 2.19. The molecule has 0 saturated carbocycles. The summed E-state index contributed by atoms with van der Waals surface area (Å²) < 4.78 is 48.9. The number of rotatable bonds is 33. The minimum Gasteiger partial charge on any atom is -0.508 e. The highest BCUT2D eigenvalue weighted by Crippen LogP contribution is 2.31. The number of carbonyl (C=O) groups is 8. The number of aryl methyl sites for hydroxylation is 2. The first-order valence-electron chi connectivity index (χ1n) is 33.2. The molecule has 0 spiro atoms. The summed E-state index contributed by atoms with van der Waals surface area (Å²) >= 11 is 0. The third-order valence-corrected chi connectivity index (χ3v) is 14.9. The molecular weight excluding hydrogens is 1300 g/mol. The Morgan fingerprint density at radius 1 is 0.343 bits per heavy atom. The van der Waals surface area contributed by atoms with Gasteiger partial charge in [0, 0.05) is 22.3 Å². The zero-order chi connectivity index (χ0) is 73.4. The molecule has 2 N–H and O–H groups in total. The zero-order valence-electron chi connectivity index (χ0n) is 58.0. The second-order valence-corrected chi connectivity index (χ2v) is 23.7. The number of aromatic carboxylic acids is 1. The number of unbranched alkanes of at least 4 members (excludes halogenated alkanes) is 6. The van der Waals surface area contributed by atoms with Crippen molar-refractivity contribution in [3.05, 3.63) is 240 Å². The van der Waals surface area contributed by atoms with Crippen molar-refractivity contribution in [2.75, 3.05) is 26.4 Å². The number of phenolic OH excluding ortho intramolecular Hbond substituents is 1. The van der Waals surface area contributed by atoms with Crippen LogP contribution in [0.3, 0.4) is 0 Å². The lowest BCUT2D eigenvalue weighted by atomic mass is 10.1. The predicted molar refractivity (Wildman–Crippen MR) is 392 cm³/mol. The lowest BCUT2D eigenvalue weighted by Crippen LogP contribution is -2.11. The Morgan fingerprint density at radius 3 is 1.09 bits per heavy atom. The quantitative estimate of drug-likeness (QED) is 0.0168. The standard InChI is InChI=1S/C41H42O9.C24H22O5.C17H22O5.CH4/c1-6-11-32-26-36(49-40(44)29-14-17-34(18-15-29)46-22-9-7-8-10-23-47-38(42)27(2)3)20-21-37(32)50-41(45)33-13-12-31-25-35(19-16-30(31)24-33)48-39(43)28(4)5;1-4-5-18-13-20(25)9-11-22(18)29-24(27)19-7-6-17-14-21(10-8-16(17)12-19)28-23(26)15(2)3;1-13(2)17(20)22-12-6-4-3-5-11-21-15-9-7-14(8-10-15)16(18)19;/h12-21,24-26H,2,4,6-11,22-23H2,1,3,5H3;6-14,25H,2,4-5H2,1,3H3;7-10H,1,3-6,11-12H2,2H3,(H,18,19);1H4. The summed E-state index contributed by atoms with van der Waals surface area (Å²) in [6, 6.07) is 43.3. The molecule has 0 fully saturated rings. The molecule has 8 aromatic carbocycles. The minimum absolute atomic E-state index is 0. The number of carboxylic acids is 1. The van der Waals surface area contributed by atoms with Crippen molar-refractivity contribution < 1.29 is 91.2 Å². The van der Waals surface area contributed by atoms with Gasteiger partial charge in [0.2, 0.25) is 0 Å². The number of hydrogen-bond acceptors (Lipinski definition) is 18. The van der Waals surface area contributed by atoms with Crippen molar-refractivity contribution in [1.29, 1.82) is 0 Å². The van der Waals surface area contributed by atoms with E-state index in [1.807, 2.05) is 13.8 Å². The number of benzene rings is 8. The van der Waals surface area contributed by atoms with Crippen molar-refractivity contribution in [1.82, 2.24) is 0 Å². The molecule has 0 saturated heterocycles. The van der Waals surface area contributed by atoms with Crippen molar-refractivity contribution >= 4 is 69.3 Å². The average molecular weight is 1390 g/mol. The number of ether oxygens (including phenoxy) is 9. The molecule has 0 atom stereocenters. The van der Waals surface area contributed by atoms with Crippen LogP contribution in [0.5, 0.6) is 46.0 Å². The fourth-order valence-corrected chi connectivity index (χ4v) is 9.47. The van der Waals surface area contributed by atoms with Crippen LogP contribution in [-0.4, -0.2) is 84.4 Å². The van der Waals surface area contributed by atoms with Gasteiger partial charge in [0.1, 0.15) is 46.0 Å². The molecule has 19 nitrogen and oxygen atoms in total. The molecule has 536 valence electrons. The lowest BCUT2D eigenvalue weighted by molar-refractivity contribution is -0.139. The molecule has 19 heteroatoms. The fraction of sp³-hybridized carbons (Fsp3) is 0.277. The number of carboxylic acid groups (broad SMARTS) is 1. The molecule has 0 aliphatic rings. The first kappa shape index (κ1) is 81.1. The summed E-state index contributed by atoms with van der Waals surface area (Å²) in [6.45, 7) is 26.6. The van der Waals surface area contributed by atoms with E-state index >= 15 is 0 Å². The summed E-state index contributed by atoms with van der Waals surface area (Å²) in [5.41, 5.74) is 4.32. The molecule has 0 bridgehead atoms. The van der Waals surface area contributed by atoms with Gasteiger partial charge in [-0.3, -0.25) is 0 Å². The Balaban J connectivity index is 0.000000304. The van der Waals surface area contributed by atoms with Crippen LogP contribution < -0.4 is 33.2 Å². The predicted octanol–water partition coefficient (Wildman–Crippen LogP) is 18.0. The van der Waals surface area contributed by atoms with Gasteiger partial charge in [0.05, 0.1) is 48.7 Å². The third-order valence-electron chi connectivity index (χ3n) is 14.9. The van der Waals surface area contributed by atoms with E-state index in [4.69, 9.17) is 47.7 Å². The zero-order valence-corrected chi connectivity index (χ0v) is 58.0. The SMILES string of the molecule is C.C=C(C)C(=O)OCCCCCCOc1ccc(C(=O)O)cc1.C=C(C)C(=O)OCCCCCCOc1ccc(C(=O)Oc2ccc(OC(=O)c3ccc4cc(OC(=O)C(=C)C)ccc4c3)c(CCC)c2)cc1.C=C(C)C(=O)Oc1ccc2cc(C(=O)Oc3ccc(O)cc3CCC)ccc2c1. The van der Waals surface area contributed by atoms with Crippen LogP contribution in [0.2, 0.25) is 0 Å². The van der Waals surface area contributed by atoms with Crippen molar-refractivity contribution in [2.24, 2.45) is 0 Å². The molecule has 0 unspecified atom stereocenters. The second kappa shape index (κ2) is 41.7. The van der Waals surface area contributed by atoms with Gasteiger partial charge < -0.3 is 52.8 Å². The summed E-state index contributed by atoms with van der Waals surface area (Å²) in [5, 5.41) is 21.6. The van der Waals surface area contributed by atoms with E-state index in [0.717, 1.165) is 96.9 Å². The lowest BCUT2D eigenvalue weighted by Gasteiger charge is -2.13. The molecule has 0 aliphatic heterocycles. The maximum absolute atomic E-state index is 13.1. The smallest absolute Gasteiger partial charge is 0.343 e. The van der Waals surface area contributed by atoms with Crippen LogP contribution in [0.1, 0.15) is 166 Å². The van der Waals surface area contributed by atoms with Crippen molar-refractivity contribution in [2.45, 2.75) is 126 Å². The summed E-state index contributed by atoms with van der Waals surface area (Å²) in [5.74, 6) is -0.767. The first-order valence-corrected chi connectivity index (χ1v) is 33.2. The molecule has 0 aliphatic carbocycles. The van der Waals surface area contributed by atoms with Crippen LogP contribution >= 0.6 is 0 Å². The van der Waals surface area contributed by atoms with Gasteiger partial charge in [-0.2, -0.15) is 0 Å². The Labute approximate surface area is 595 Å². The molecule has 8 rings (SSSR count). The van der Waals surface area contributed by atoms with E-state index in [9.17, 15) is 43.5 Å². The Bertz CT molecular complexity index is 4270. The number of phenols is 1. The summed E-state index contributed by atoms with van der Waals surface area (Å²) in [7, 11) is 0. The van der Waals surface area contributed by atoms with Gasteiger partial charge in [0.25, 0.3) is 0 Å². The monoisotopic (exact) mass is 1390 g/mol. The van der Waals surface area contributed by atoms with Gasteiger partial charge in [-0.05, 0) is 258 Å². The number of aromatic hydroxyl groups is 1. The van der Waals surface area contributed by atoms with Crippen molar-refractivity contribution in [3.63, 3.8) is 0 Å². The molecular formula is C83H90O19. The van der Waals surface area contributed by atoms with Gasteiger partial charge in [-0.25, -0.2) is 38.4 Å². The number of fused-ring (bicyclic) bond motifs is 2. The van der Waals surface area contributed by atoms with E-state index < -0.39 is 35.8 Å². The molecule has 0 heterocycles. The average Bonchev–Trinajstić information content (AvgIpc) is 0.819. The maximum atomic E-state index is 13.1. The topological polar surface area (TPSA) is 260 Å². The molecule has 0 aromatic heterocycles. The van der Waals surface area contributed by atoms with Gasteiger partial charge in [-0.15, -0.1) is 0 Å². The van der Waals surface area contributed by atoms with E-state index in [1.54, 1.807) is 167 Å². The Morgan fingerprint density at radius 2 is 0.676 bits per heavy atom. The Kier molecular flexibility index (Phi) is 33.2. The summed E-state index contributed by atoms with van der Waals surface area (Å²) in [6.07, 6.45) is 10.1. The van der Waals surface area contributed by atoms with Crippen LogP contribution in [0.4, 0.5) is 0 Å². The number of esters is 7. The highest BCUT2D eigenvalue weighted by molar-refractivity contribution is 5.99. The third kappa shape index (κ3) is 26.9. The fourth-order valence-electron chi connectivity index (χ4n) is 9.47. The van der Waals surface area contributed by atoms with E-state index in [2.05, 4.69) is 26.3 Å². The maximum Gasteiger partial charge on any atom is 0.343 e. The molecule has 0 radical (unpaired) electrons. The van der Waals surface area contributed by atoms with Crippen LogP contribution in [0.15, 0.2) is 206 Å². The second-order valence-electron chi connectivity index (χ2n) is 23.7. The van der Waals surface area contributed by atoms with E-state index in [-0.39, 0.29) is 30.7 Å². The minimum atomic E-state index is -0.945. The largest absolute Gasteiger partial charge is 0.508 e. The van der Waals surface area contributed by atoms with Crippen LogP contribution in [-0.2, 0) is 41.5 Å². The number of hydrogen-bond donors (Lipinski definition) is 2. The number of carbonyl (C=O) groups excluding carboxylic acids is 7. The van der Waals surface area contributed by atoms with Crippen molar-refractivity contribution in [3.8, 4) is 46.0 Å². The van der Waals surface area contributed by atoms with Crippen LogP contribution in [0.25, 0.3) is 21.5 Å². The van der Waals surface area contributed by atoms with Crippen LogP contribution in [0, 0.1) is 0 Å². The first-order chi connectivity index (χ1) is 48.4. The Hall–Kier alpha value is -11.6. The molecule has 102 heavy (non-hydrogen) atoms. The molecule has 0 amide bonds. The van der Waals surface area contributed by atoms with E-state index in [0.29, 0.717) is 118 Å². The van der Waals surface area contributed by atoms with Gasteiger partial charge >= 0.3 is 47.8 Å². The van der Waals surface area contributed by atoms with E-state index in [1.165, 1.54) is 18.2 Å².